The molecule has 2 aliphatic carbocycles. The van der Waals surface area contributed by atoms with Gasteiger partial charge in [0.05, 0.1) is 0 Å². The molecular weight excluding hydrogens is 246 g/mol. The van der Waals surface area contributed by atoms with Crippen LogP contribution in [-0.4, -0.2) is 55.6 Å². The summed E-state index contributed by atoms with van der Waals surface area (Å²) in [5, 5.41) is 0. The Morgan fingerprint density at radius 3 is 2.35 bits per heavy atom. The average Bonchev–Trinajstić information content (AvgIpc) is 2.36. The van der Waals surface area contributed by atoms with Crippen molar-refractivity contribution in [3.05, 3.63) is 0 Å². The minimum atomic E-state index is 0.428. The molecule has 20 heavy (non-hydrogen) atoms. The topological polar surface area (TPSA) is 32.5 Å². The number of rotatable bonds is 6. The number of likely N-dealkylation sites (N-methyl/N-ethyl adjacent to an activating group) is 2. The van der Waals surface area contributed by atoms with E-state index >= 15 is 0 Å². The maximum atomic E-state index is 6.38. The van der Waals surface area contributed by atoms with E-state index in [0.29, 0.717) is 17.5 Å². The first-order valence-electron chi connectivity index (χ1n) is 8.58. The molecule has 2 saturated carbocycles. The molecule has 0 aromatic heterocycles. The molecule has 0 heterocycles. The Morgan fingerprint density at radius 1 is 1.15 bits per heavy atom. The van der Waals surface area contributed by atoms with E-state index in [-0.39, 0.29) is 0 Å². The molecule has 0 aromatic rings. The van der Waals surface area contributed by atoms with Gasteiger partial charge < -0.3 is 15.5 Å². The predicted molar refractivity (Wildman–Crippen MR) is 86.9 cm³/mol. The number of hydrogen-bond acceptors (Lipinski definition) is 3. The lowest BCUT2D eigenvalue weighted by atomic mass is 9.74. The Hall–Kier alpha value is -0.120. The van der Waals surface area contributed by atoms with Gasteiger partial charge in [0, 0.05) is 24.7 Å². The summed E-state index contributed by atoms with van der Waals surface area (Å²) in [6, 6.07) is 0.428. The van der Waals surface area contributed by atoms with Gasteiger partial charge in [-0.1, -0.05) is 13.3 Å². The molecule has 0 aromatic carbocycles. The van der Waals surface area contributed by atoms with Crippen molar-refractivity contribution in [1.82, 2.24) is 9.80 Å². The summed E-state index contributed by atoms with van der Waals surface area (Å²) in [6.45, 7) is 4.73. The number of nitrogens with two attached hydrogens (primary N) is 1. The van der Waals surface area contributed by atoms with E-state index in [9.17, 15) is 0 Å². The molecule has 2 fully saturated rings. The lowest BCUT2D eigenvalue weighted by Gasteiger charge is -2.50. The van der Waals surface area contributed by atoms with E-state index in [1.807, 2.05) is 0 Å². The second-order valence-electron chi connectivity index (χ2n) is 7.68. The minimum absolute atomic E-state index is 0.428. The third-order valence-corrected chi connectivity index (χ3v) is 6.07. The van der Waals surface area contributed by atoms with Crippen molar-refractivity contribution in [1.29, 1.82) is 0 Å². The van der Waals surface area contributed by atoms with E-state index in [4.69, 9.17) is 5.73 Å². The largest absolute Gasteiger partial charge is 0.327 e. The fraction of sp³-hybridized carbons (Fsp3) is 1.00. The van der Waals surface area contributed by atoms with Crippen LogP contribution < -0.4 is 5.73 Å². The van der Waals surface area contributed by atoms with Crippen LogP contribution in [0.4, 0.5) is 0 Å². The van der Waals surface area contributed by atoms with E-state index in [1.165, 1.54) is 58.0 Å². The SMILES string of the molecule is CCC1CCC(N)C(CN(C)CC2(N(C)C)CCC2)C1. The smallest absolute Gasteiger partial charge is 0.0330 e. The first-order valence-corrected chi connectivity index (χ1v) is 8.58. The van der Waals surface area contributed by atoms with Crippen LogP contribution in [0.5, 0.6) is 0 Å². The molecule has 3 heteroatoms. The lowest BCUT2D eigenvalue weighted by molar-refractivity contribution is 0.0200. The highest BCUT2D eigenvalue weighted by Crippen LogP contribution is 2.37. The molecule has 3 atom stereocenters. The second kappa shape index (κ2) is 6.76. The van der Waals surface area contributed by atoms with Crippen LogP contribution in [0.25, 0.3) is 0 Å². The van der Waals surface area contributed by atoms with Crippen molar-refractivity contribution in [3.8, 4) is 0 Å². The molecule has 3 nitrogen and oxygen atoms in total. The molecule has 0 amide bonds. The van der Waals surface area contributed by atoms with Crippen LogP contribution in [-0.2, 0) is 0 Å². The van der Waals surface area contributed by atoms with Gasteiger partial charge in [0.25, 0.3) is 0 Å². The second-order valence-corrected chi connectivity index (χ2v) is 7.68. The highest BCUT2D eigenvalue weighted by molar-refractivity contribution is 4.98. The molecular formula is C17H35N3. The Kier molecular flexibility index (Phi) is 5.49. The van der Waals surface area contributed by atoms with Gasteiger partial charge in [0.1, 0.15) is 0 Å². The fourth-order valence-electron chi connectivity index (χ4n) is 4.26. The van der Waals surface area contributed by atoms with Gasteiger partial charge in [-0.2, -0.15) is 0 Å². The van der Waals surface area contributed by atoms with Crippen molar-refractivity contribution in [2.45, 2.75) is 63.5 Å². The van der Waals surface area contributed by atoms with Gasteiger partial charge in [-0.05, 0) is 71.5 Å². The monoisotopic (exact) mass is 281 g/mol. The normalized spacial score (nSPS) is 33.5. The van der Waals surface area contributed by atoms with Crippen molar-refractivity contribution in [2.75, 3.05) is 34.2 Å². The standard InChI is InChI=1S/C17H35N3/c1-5-14-7-8-16(18)15(11-14)12-20(4)13-17(19(2)3)9-6-10-17/h14-16H,5-13,18H2,1-4H3. The Morgan fingerprint density at radius 2 is 1.85 bits per heavy atom. The van der Waals surface area contributed by atoms with E-state index in [1.54, 1.807) is 0 Å². The predicted octanol–water partition coefficient (Wildman–Crippen LogP) is 2.56. The number of nitrogens with zero attached hydrogens (tertiary/aromatic N) is 2. The third-order valence-electron chi connectivity index (χ3n) is 6.07. The summed E-state index contributed by atoms with van der Waals surface area (Å²) in [6.07, 6.45) is 9.37. The van der Waals surface area contributed by atoms with E-state index in [0.717, 1.165) is 5.92 Å². The first-order chi connectivity index (χ1) is 9.47. The highest BCUT2D eigenvalue weighted by atomic mass is 15.2. The van der Waals surface area contributed by atoms with Gasteiger partial charge in [0.15, 0.2) is 0 Å². The Bertz CT molecular complexity index is 299. The molecule has 118 valence electrons. The summed E-state index contributed by atoms with van der Waals surface area (Å²) in [4.78, 5) is 5.00. The molecule has 0 bridgehead atoms. The van der Waals surface area contributed by atoms with Gasteiger partial charge in [-0.25, -0.2) is 0 Å². The minimum Gasteiger partial charge on any atom is -0.327 e. The first kappa shape index (κ1) is 16.3. The van der Waals surface area contributed by atoms with Crippen LogP contribution in [0.3, 0.4) is 0 Å². The van der Waals surface area contributed by atoms with Gasteiger partial charge >= 0.3 is 0 Å². The van der Waals surface area contributed by atoms with Gasteiger partial charge in [-0.3, -0.25) is 0 Å². The molecule has 0 saturated heterocycles. The highest BCUT2D eigenvalue weighted by Gasteiger charge is 2.40. The van der Waals surface area contributed by atoms with Crippen molar-refractivity contribution < 1.29 is 0 Å². The Labute approximate surface area is 125 Å². The molecule has 2 rings (SSSR count). The number of hydrogen-bond donors (Lipinski definition) is 1. The fourth-order valence-corrected chi connectivity index (χ4v) is 4.26. The quantitative estimate of drug-likeness (QED) is 0.812. The van der Waals surface area contributed by atoms with Gasteiger partial charge in [0.2, 0.25) is 0 Å². The van der Waals surface area contributed by atoms with Crippen LogP contribution in [0, 0.1) is 11.8 Å². The van der Waals surface area contributed by atoms with Crippen LogP contribution in [0.15, 0.2) is 0 Å². The van der Waals surface area contributed by atoms with Crippen molar-refractivity contribution >= 4 is 0 Å². The van der Waals surface area contributed by atoms with E-state index in [2.05, 4.69) is 37.9 Å². The summed E-state index contributed by atoms with van der Waals surface area (Å²) in [5.74, 6) is 1.62. The van der Waals surface area contributed by atoms with Crippen LogP contribution in [0.2, 0.25) is 0 Å². The maximum Gasteiger partial charge on any atom is 0.0330 e. The lowest BCUT2D eigenvalue weighted by Crippen LogP contribution is -2.57. The summed E-state index contributed by atoms with van der Waals surface area (Å²) < 4.78 is 0. The molecule has 2 aliphatic rings. The molecule has 0 spiro atoms. The molecule has 0 aliphatic heterocycles. The van der Waals surface area contributed by atoms with Crippen LogP contribution >= 0.6 is 0 Å². The zero-order chi connectivity index (χ0) is 14.8. The summed E-state index contributed by atoms with van der Waals surface area (Å²) in [7, 11) is 6.78. The average molecular weight is 281 g/mol. The molecule has 2 N–H and O–H groups in total. The van der Waals surface area contributed by atoms with Crippen molar-refractivity contribution in [2.24, 2.45) is 17.6 Å². The maximum absolute atomic E-state index is 6.38. The van der Waals surface area contributed by atoms with Gasteiger partial charge in [-0.15, -0.1) is 0 Å². The summed E-state index contributed by atoms with van der Waals surface area (Å²) >= 11 is 0. The van der Waals surface area contributed by atoms with E-state index < -0.39 is 0 Å². The zero-order valence-electron chi connectivity index (χ0n) is 14.1. The summed E-state index contributed by atoms with van der Waals surface area (Å²) in [5.41, 5.74) is 6.82. The Balaban J connectivity index is 1.85. The molecule has 3 unspecified atom stereocenters. The van der Waals surface area contributed by atoms with Crippen molar-refractivity contribution in [3.63, 3.8) is 0 Å². The molecule has 0 radical (unpaired) electrons. The van der Waals surface area contributed by atoms with Crippen LogP contribution in [0.1, 0.15) is 51.9 Å². The third kappa shape index (κ3) is 3.55. The zero-order valence-corrected chi connectivity index (χ0v) is 14.1.